The molecule has 0 N–H and O–H groups in total. The predicted molar refractivity (Wildman–Crippen MR) is 97.7 cm³/mol. The van der Waals surface area contributed by atoms with E-state index in [0.717, 1.165) is 57.0 Å². The Bertz CT molecular complexity index is 850. The molecule has 141 valence electrons. The normalized spacial score (nSPS) is 17.6. The van der Waals surface area contributed by atoms with Crippen LogP contribution >= 0.6 is 11.9 Å². The maximum Gasteiger partial charge on any atom is 0.416 e. The maximum absolute atomic E-state index is 13.2. The topological polar surface area (TPSA) is 39.4 Å². The van der Waals surface area contributed by atoms with Crippen LogP contribution in [-0.2, 0) is 16.9 Å². The van der Waals surface area contributed by atoms with Gasteiger partial charge in [0.2, 0.25) is 7.09 Å². The highest BCUT2D eigenvalue weighted by Gasteiger charge is 2.32. The minimum Gasteiger partial charge on any atom is -0.326 e. The Morgan fingerprint density at radius 2 is 2.08 bits per heavy atom. The van der Waals surface area contributed by atoms with Gasteiger partial charge < -0.3 is 9.08 Å². The average Bonchev–Trinajstić information content (AvgIpc) is 2.90. The monoisotopic (exact) mass is 388 g/mol. The van der Waals surface area contributed by atoms with Gasteiger partial charge in [-0.1, -0.05) is 11.9 Å². The zero-order valence-corrected chi connectivity index (χ0v) is 15.1. The van der Waals surface area contributed by atoms with Gasteiger partial charge in [0.05, 0.1) is 29.7 Å². The summed E-state index contributed by atoms with van der Waals surface area (Å²) < 4.78 is 54.5. The van der Waals surface area contributed by atoms with Crippen molar-refractivity contribution in [3.63, 3.8) is 0 Å². The zero-order chi connectivity index (χ0) is 19.6. The standard InChI is InChI=1S/C16H20BF3N3O2S/c1-21-6-4-12(5-7-21)23-13-3-2-11(16(18,19)20)10-14(13)22(15(23)24)8-9-25-26-17/h2-3,10,12,17H,4-9H2,1H3/i17T. The van der Waals surface area contributed by atoms with Gasteiger partial charge >= 0.3 is 11.9 Å². The summed E-state index contributed by atoms with van der Waals surface area (Å²) in [6, 6.07) is 3.41. The summed E-state index contributed by atoms with van der Waals surface area (Å²) in [7, 11) is 3.02. The lowest BCUT2D eigenvalue weighted by Crippen LogP contribution is -2.36. The van der Waals surface area contributed by atoms with E-state index in [9.17, 15) is 18.0 Å². The number of fused-ring (bicyclic) bond motifs is 1. The molecule has 2 aromatic rings. The number of nitrogens with zero attached hydrogens (tertiary/aromatic N) is 3. The van der Waals surface area contributed by atoms with E-state index in [1.807, 2.05) is 7.05 Å². The SMILES string of the molecule is [3H][B]SOCCn1c(=O)n(C2CCN(C)CC2)c2ccc(C(F)(F)F)cc21. The van der Waals surface area contributed by atoms with E-state index >= 15 is 0 Å². The molecule has 1 aliphatic rings. The number of likely N-dealkylation sites (tertiary alicyclic amines) is 1. The van der Waals surface area contributed by atoms with Crippen molar-refractivity contribution in [2.75, 3.05) is 26.7 Å². The minimum absolute atomic E-state index is 0.0361. The van der Waals surface area contributed by atoms with Crippen LogP contribution in [0.15, 0.2) is 23.0 Å². The van der Waals surface area contributed by atoms with E-state index in [4.69, 9.17) is 5.52 Å². The van der Waals surface area contributed by atoms with Crippen molar-refractivity contribution >= 4 is 30.0 Å². The van der Waals surface area contributed by atoms with E-state index < -0.39 is 11.7 Å². The van der Waals surface area contributed by atoms with Crippen molar-refractivity contribution in [3.8, 4) is 0 Å². The van der Waals surface area contributed by atoms with Crippen molar-refractivity contribution in [2.45, 2.75) is 31.6 Å². The van der Waals surface area contributed by atoms with Crippen LogP contribution in [0.4, 0.5) is 13.2 Å². The van der Waals surface area contributed by atoms with Gasteiger partial charge in [-0.15, -0.1) is 0 Å². The molecule has 1 aromatic carbocycles. The van der Waals surface area contributed by atoms with Crippen molar-refractivity contribution in [1.29, 1.82) is 1.34 Å². The van der Waals surface area contributed by atoms with Gasteiger partial charge in [0.15, 0.2) is 0 Å². The van der Waals surface area contributed by atoms with E-state index in [1.54, 1.807) is 4.57 Å². The summed E-state index contributed by atoms with van der Waals surface area (Å²) in [6.45, 7) is 1.91. The van der Waals surface area contributed by atoms with Crippen LogP contribution in [0, 0.1) is 0 Å². The highest BCUT2D eigenvalue weighted by atomic mass is 32.2. The Hall–Kier alpha value is -1.39. The van der Waals surface area contributed by atoms with Gasteiger partial charge in [0.1, 0.15) is 0 Å². The van der Waals surface area contributed by atoms with Gasteiger partial charge in [0.25, 0.3) is 0 Å². The number of hydrogen-bond donors (Lipinski definition) is 0. The highest BCUT2D eigenvalue weighted by molar-refractivity contribution is 8.15. The fourth-order valence-electron chi connectivity index (χ4n) is 3.45. The molecule has 26 heavy (non-hydrogen) atoms. The van der Waals surface area contributed by atoms with Crippen molar-refractivity contribution < 1.29 is 17.4 Å². The number of alkyl halides is 3. The zero-order valence-electron chi connectivity index (χ0n) is 15.3. The van der Waals surface area contributed by atoms with Gasteiger partial charge in [-0.2, -0.15) is 13.2 Å². The lowest BCUT2D eigenvalue weighted by molar-refractivity contribution is -0.137. The summed E-state index contributed by atoms with van der Waals surface area (Å²) in [5.41, 5.74) is -0.319. The average molecular weight is 388 g/mol. The second-order valence-corrected chi connectivity index (χ2v) is 6.89. The van der Waals surface area contributed by atoms with Crippen LogP contribution in [0.3, 0.4) is 0 Å². The van der Waals surface area contributed by atoms with Gasteiger partial charge in [-0.05, 0) is 52.5 Å². The molecule has 0 aliphatic carbocycles. The largest absolute Gasteiger partial charge is 0.416 e. The molecular weight excluding hydrogens is 366 g/mol. The number of piperidine rings is 1. The second kappa shape index (κ2) is 7.70. The van der Waals surface area contributed by atoms with Crippen molar-refractivity contribution in [2.24, 2.45) is 0 Å². The van der Waals surface area contributed by atoms with Crippen LogP contribution in [-0.4, -0.2) is 49.2 Å². The molecule has 3 rings (SSSR count). The van der Waals surface area contributed by atoms with Crippen LogP contribution in [0.1, 0.15) is 24.4 Å². The molecule has 0 amide bonds. The molecule has 0 spiro atoms. The first-order chi connectivity index (χ1) is 12.8. The molecule has 2 heterocycles. The Balaban J connectivity index is 2.04. The van der Waals surface area contributed by atoms with E-state index in [1.165, 1.54) is 10.6 Å². The van der Waals surface area contributed by atoms with Gasteiger partial charge in [-0.3, -0.25) is 9.13 Å². The van der Waals surface area contributed by atoms with Crippen LogP contribution in [0.2, 0.25) is 0 Å². The van der Waals surface area contributed by atoms with E-state index in [2.05, 4.69) is 4.90 Å². The molecule has 10 heteroatoms. The minimum atomic E-state index is -4.47. The first-order valence-corrected chi connectivity index (χ1v) is 9.12. The molecule has 0 bridgehead atoms. The van der Waals surface area contributed by atoms with Crippen LogP contribution in [0.25, 0.3) is 11.0 Å². The maximum atomic E-state index is 13.2. The molecule has 1 aliphatic heterocycles. The molecular formula is C16H20BF3N3O2S. The number of benzene rings is 1. The van der Waals surface area contributed by atoms with Crippen molar-refractivity contribution in [3.05, 3.63) is 34.2 Å². The summed E-state index contributed by atoms with van der Waals surface area (Å²) in [6.07, 6.45) is -2.93. The summed E-state index contributed by atoms with van der Waals surface area (Å²) in [5.74, 6) is 0. The Morgan fingerprint density at radius 1 is 1.35 bits per heavy atom. The molecule has 1 saturated heterocycles. The van der Waals surface area contributed by atoms with Crippen LogP contribution < -0.4 is 5.69 Å². The second-order valence-electron chi connectivity index (χ2n) is 6.46. The third kappa shape index (κ3) is 3.82. The lowest BCUT2D eigenvalue weighted by atomic mass is 10.0. The number of rotatable bonds is 6. The molecule has 0 atom stereocenters. The third-order valence-corrected chi connectivity index (χ3v) is 5.11. The molecule has 1 radical (unpaired) electrons. The van der Waals surface area contributed by atoms with Gasteiger partial charge in [-0.25, -0.2) is 4.79 Å². The fraction of sp³-hybridized carbons (Fsp3) is 0.562. The summed E-state index contributed by atoms with van der Waals surface area (Å²) in [4.78, 5) is 15.2. The molecule has 5 nitrogen and oxygen atoms in total. The summed E-state index contributed by atoms with van der Waals surface area (Å²) >= 11 is 0.815. The first-order valence-electron chi connectivity index (χ1n) is 8.89. The highest BCUT2D eigenvalue weighted by Crippen LogP contribution is 2.32. The number of imidazole rings is 1. The number of hydrogen-bond acceptors (Lipinski definition) is 4. The third-order valence-electron chi connectivity index (χ3n) is 4.81. The van der Waals surface area contributed by atoms with E-state index in [0.29, 0.717) is 5.52 Å². The number of halogens is 3. The van der Waals surface area contributed by atoms with Crippen LogP contribution in [0.5, 0.6) is 0 Å². The number of aromatic nitrogens is 2. The summed E-state index contributed by atoms with van der Waals surface area (Å²) in [5, 5.41) is 0. The quantitative estimate of drug-likeness (QED) is 0.433. The molecule has 1 aromatic heterocycles. The Morgan fingerprint density at radius 3 is 2.73 bits per heavy atom. The molecule has 0 saturated carbocycles. The molecule has 0 unspecified atom stereocenters. The predicted octanol–water partition coefficient (Wildman–Crippen LogP) is 2.57. The fourth-order valence-corrected chi connectivity index (χ4v) is 3.63. The van der Waals surface area contributed by atoms with E-state index in [-0.39, 0.29) is 30.4 Å². The smallest absolute Gasteiger partial charge is 0.326 e. The lowest BCUT2D eigenvalue weighted by Gasteiger charge is -2.29. The van der Waals surface area contributed by atoms with Crippen molar-refractivity contribution in [1.82, 2.24) is 14.0 Å². The Labute approximate surface area is 156 Å². The molecule has 1 fully saturated rings. The Kier molecular flexibility index (Phi) is 5.33. The van der Waals surface area contributed by atoms with Gasteiger partial charge in [0, 0.05) is 6.04 Å². The first kappa shape index (κ1) is 18.0.